The Hall–Kier alpha value is -1.29. The topological polar surface area (TPSA) is 34.2 Å². The highest BCUT2D eigenvalue weighted by Gasteiger charge is 2.20. The van der Waals surface area contributed by atoms with Gasteiger partial charge in [-0.2, -0.15) is 0 Å². The van der Waals surface area contributed by atoms with E-state index in [0.717, 1.165) is 12.1 Å². The standard InChI is InChI=1S/C16H16Cl2N2O/c1-10-6-11(8-19-12-2-3-12)9-20-16(10)21-13-4-5-14(17)15(18)7-13/h4-7,9,12,19H,2-3,8H2,1H3. The Morgan fingerprint density at radius 1 is 1.24 bits per heavy atom. The number of nitrogens with one attached hydrogen (secondary N) is 1. The SMILES string of the molecule is Cc1cc(CNC2CC2)cnc1Oc1ccc(Cl)c(Cl)c1. The van der Waals surface area contributed by atoms with Crippen LogP contribution >= 0.6 is 23.2 Å². The number of halogens is 2. The molecule has 1 aromatic heterocycles. The minimum absolute atomic E-state index is 0.470. The summed E-state index contributed by atoms with van der Waals surface area (Å²) in [5.41, 5.74) is 2.16. The summed E-state index contributed by atoms with van der Waals surface area (Å²) in [5, 5.41) is 4.45. The molecule has 110 valence electrons. The van der Waals surface area contributed by atoms with Crippen LogP contribution in [0.15, 0.2) is 30.5 Å². The van der Waals surface area contributed by atoms with E-state index >= 15 is 0 Å². The van der Waals surface area contributed by atoms with Crippen LogP contribution in [0.2, 0.25) is 10.0 Å². The van der Waals surface area contributed by atoms with Crippen LogP contribution in [0.3, 0.4) is 0 Å². The molecule has 0 saturated heterocycles. The van der Waals surface area contributed by atoms with Crippen molar-refractivity contribution in [3.8, 4) is 11.6 Å². The van der Waals surface area contributed by atoms with E-state index in [1.54, 1.807) is 18.2 Å². The fourth-order valence-corrected chi connectivity index (χ4v) is 2.31. The molecule has 0 radical (unpaired) electrons. The van der Waals surface area contributed by atoms with E-state index in [2.05, 4.69) is 16.4 Å². The minimum Gasteiger partial charge on any atom is -0.439 e. The second-order valence-electron chi connectivity index (χ2n) is 5.30. The number of aryl methyl sites for hydroxylation is 1. The van der Waals surface area contributed by atoms with Crippen molar-refractivity contribution in [3.05, 3.63) is 51.6 Å². The fraction of sp³-hybridized carbons (Fsp3) is 0.312. The number of nitrogens with zero attached hydrogens (tertiary/aromatic N) is 1. The molecule has 3 nitrogen and oxygen atoms in total. The maximum atomic E-state index is 5.98. The van der Waals surface area contributed by atoms with E-state index in [-0.39, 0.29) is 0 Å². The summed E-state index contributed by atoms with van der Waals surface area (Å²) in [5.74, 6) is 1.22. The number of aromatic nitrogens is 1. The van der Waals surface area contributed by atoms with Crippen molar-refractivity contribution in [1.29, 1.82) is 0 Å². The number of hydrogen-bond donors (Lipinski definition) is 1. The zero-order valence-electron chi connectivity index (χ0n) is 11.7. The Bertz CT molecular complexity index is 657. The summed E-state index contributed by atoms with van der Waals surface area (Å²) in [6.07, 6.45) is 4.41. The second kappa shape index (κ2) is 6.22. The molecular weight excluding hydrogens is 307 g/mol. The van der Waals surface area contributed by atoms with Gasteiger partial charge in [0.15, 0.2) is 0 Å². The highest BCUT2D eigenvalue weighted by Crippen LogP contribution is 2.30. The summed E-state index contributed by atoms with van der Waals surface area (Å²) in [7, 11) is 0. The van der Waals surface area contributed by atoms with E-state index in [1.807, 2.05) is 13.1 Å². The van der Waals surface area contributed by atoms with Crippen molar-refractivity contribution < 1.29 is 4.74 Å². The van der Waals surface area contributed by atoms with Gasteiger partial charge in [-0.3, -0.25) is 0 Å². The molecule has 1 aromatic carbocycles. The first-order valence-corrected chi connectivity index (χ1v) is 7.69. The van der Waals surface area contributed by atoms with Gasteiger partial charge >= 0.3 is 0 Å². The van der Waals surface area contributed by atoms with Crippen LogP contribution in [-0.4, -0.2) is 11.0 Å². The Labute approximate surface area is 134 Å². The van der Waals surface area contributed by atoms with Gasteiger partial charge in [0.05, 0.1) is 10.0 Å². The average molecular weight is 323 g/mol. The number of rotatable bonds is 5. The van der Waals surface area contributed by atoms with Crippen LogP contribution in [-0.2, 0) is 6.54 Å². The first-order valence-electron chi connectivity index (χ1n) is 6.93. The van der Waals surface area contributed by atoms with Crippen LogP contribution in [0.5, 0.6) is 11.6 Å². The van der Waals surface area contributed by atoms with Gasteiger partial charge in [-0.1, -0.05) is 23.2 Å². The van der Waals surface area contributed by atoms with Crippen LogP contribution in [0, 0.1) is 6.92 Å². The van der Waals surface area contributed by atoms with Gasteiger partial charge in [-0.15, -0.1) is 0 Å². The predicted octanol–water partition coefficient (Wildman–Crippen LogP) is 4.74. The van der Waals surface area contributed by atoms with Crippen molar-refractivity contribution >= 4 is 23.2 Å². The van der Waals surface area contributed by atoms with Gasteiger partial charge < -0.3 is 10.1 Å². The molecule has 0 spiro atoms. The van der Waals surface area contributed by atoms with Gasteiger partial charge in [0.2, 0.25) is 5.88 Å². The first kappa shape index (κ1) is 14.6. The van der Waals surface area contributed by atoms with Gasteiger partial charge in [0.25, 0.3) is 0 Å². The molecule has 1 fully saturated rings. The van der Waals surface area contributed by atoms with Crippen molar-refractivity contribution in [2.45, 2.75) is 32.4 Å². The van der Waals surface area contributed by atoms with E-state index in [1.165, 1.54) is 18.4 Å². The van der Waals surface area contributed by atoms with Crippen molar-refractivity contribution in [1.82, 2.24) is 10.3 Å². The number of pyridine rings is 1. The maximum Gasteiger partial charge on any atom is 0.222 e. The molecule has 0 amide bonds. The number of ether oxygens (including phenoxy) is 1. The highest BCUT2D eigenvalue weighted by molar-refractivity contribution is 6.42. The third kappa shape index (κ3) is 3.88. The normalized spacial score (nSPS) is 14.2. The van der Waals surface area contributed by atoms with Gasteiger partial charge in [-0.25, -0.2) is 4.98 Å². The predicted molar refractivity (Wildman–Crippen MR) is 85.4 cm³/mol. The zero-order valence-corrected chi connectivity index (χ0v) is 13.2. The molecule has 5 heteroatoms. The Morgan fingerprint density at radius 2 is 2.05 bits per heavy atom. The lowest BCUT2D eigenvalue weighted by molar-refractivity contribution is 0.458. The second-order valence-corrected chi connectivity index (χ2v) is 6.11. The number of benzene rings is 1. The van der Waals surface area contributed by atoms with Crippen LogP contribution < -0.4 is 10.1 Å². The fourth-order valence-electron chi connectivity index (χ4n) is 2.03. The average Bonchev–Trinajstić information content (AvgIpc) is 3.27. The zero-order chi connectivity index (χ0) is 14.8. The van der Waals surface area contributed by atoms with E-state index < -0.39 is 0 Å². The van der Waals surface area contributed by atoms with Gasteiger partial charge in [-0.05, 0) is 43.5 Å². The summed E-state index contributed by atoms with van der Waals surface area (Å²) in [6.45, 7) is 2.84. The van der Waals surface area contributed by atoms with Crippen molar-refractivity contribution in [3.63, 3.8) is 0 Å². The van der Waals surface area contributed by atoms with Crippen LogP contribution in [0.1, 0.15) is 24.0 Å². The lowest BCUT2D eigenvalue weighted by Crippen LogP contribution is -2.15. The molecule has 21 heavy (non-hydrogen) atoms. The molecule has 0 atom stereocenters. The highest BCUT2D eigenvalue weighted by atomic mass is 35.5. The van der Waals surface area contributed by atoms with Gasteiger partial charge in [0, 0.05) is 30.4 Å². The van der Waals surface area contributed by atoms with Crippen molar-refractivity contribution in [2.24, 2.45) is 0 Å². The quantitative estimate of drug-likeness (QED) is 0.863. The molecule has 0 aliphatic heterocycles. The molecule has 0 bridgehead atoms. The first-order chi connectivity index (χ1) is 10.1. The molecule has 1 aliphatic carbocycles. The molecule has 1 saturated carbocycles. The van der Waals surface area contributed by atoms with Crippen molar-refractivity contribution in [2.75, 3.05) is 0 Å². The maximum absolute atomic E-state index is 5.98. The smallest absolute Gasteiger partial charge is 0.222 e. The Morgan fingerprint density at radius 3 is 2.71 bits per heavy atom. The molecule has 1 aliphatic rings. The largest absolute Gasteiger partial charge is 0.439 e. The summed E-state index contributed by atoms with van der Waals surface area (Å²) >= 11 is 11.9. The Balaban J connectivity index is 1.70. The lowest BCUT2D eigenvalue weighted by Gasteiger charge is -2.10. The van der Waals surface area contributed by atoms with E-state index in [0.29, 0.717) is 27.7 Å². The third-order valence-electron chi connectivity index (χ3n) is 3.36. The van der Waals surface area contributed by atoms with Crippen LogP contribution in [0.4, 0.5) is 0 Å². The summed E-state index contributed by atoms with van der Waals surface area (Å²) in [6, 6.07) is 7.96. The van der Waals surface area contributed by atoms with Gasteiger partial charge in [0.1, 0.15) is 5.75 Å². The summed E-state index contributed by atoms with van der Waals surface area (Å²) < 4.78 is 5.76. The van der Waals surface area contributed by atoms with E-state index in [4.69, 9.17) is 27.9 Å². The number of hydrogen-bond acceptors (Lipinski definition) is 3. The molecule has 1 N–H and O–H groups in total. The molecule has 1 heterocycles. The Kier molecular flexibility index (Phi) is 4.34. The molecule has 2 aromatic rings. The minimum atomic E-state index is 0.470. The van der Waals surface area contributed by atoms with Crippen LogP contribution in [0.25, 0.3) is 0 Å². The molecule has 3 rings (SSSR count). The molecule has 0 unspecified atom stereocenters. The lowest BCUT2D eigenvalue weighted by atomic mass is 10.2. The summed E-state index contributed by atoms with van der Waals surface area (Å²) in [4.78, 5) is 4.39. The third-order valence-corrected chi connectivity index (χ3v) is 4.10. The molecular formula is C16H16Cl2N2O. The monoisotopic (exact) mass is 322 g/mol. The van der Waals surface area contributed by atoms with E-state index in [9.17, 15) is 0 Å².